The Morgan fingerprint density at radius 1 is 1.25 bits per heavy atom. The molecule has 1 fully saturated rings. The van der Waals surface area contributed by atoms with E-state index in [-0.39, 0.29) is 6.03 Å². The van der Waals surface area contributed by atoms with Crippen LogP contribution in [0.3, 0.4) is 0 Å². The molecular weight excluding hydrogens is 302 g/mol. The van der Waals surface area contributed by atoms with Crippen molar-refractivity contribution in [3.8, 4) is 0 Å². The first kappa shape index (κ1) is 18.7. The van der Waals surface area contributed by atoms with E-state index in [2.05, 4.69) is 48.4 Å². The van der Waals surface area contributed by atoms with Crippen molar-refractivity contribution in [3.63, 3.8) is 0 Å². The largest absolute Gasteiger partial charge is 0.383 e. The van der Waals surface area contributed by atoms with Crippen LogP contribution in [0.2, 0.25) is 0 Å². The summed E-state index contributed by atoms with van der Waals surface area (Å²) in [6, 6.07) is 4.24. The number of hydrogen-bond acceptors (Lipinski definition) is 3. The van der Waals surface area contributed by atoms with Crippen molar-refractivity contribution in [2.24, 2.45) is 5.92 Å². The molecule has 5 nitrogen and oxygen atoms in total. The topological polar surface area (TPSA) is 53.6 Å². The minimum atomic E-state index is -0.0790. The number of benzene rings is 1. The molecule has 2 N–H and O–H groups in total. The summed E-state index contributed by atoms with van der Waals surface area (Å²) in [4.78, 5) is 14.5. The van der Waals surface area contributed by atoms with Crippen LogP contribution in [0.4, 0.5) is 4.79 Å². The zero-order valence-corrected chi connectivity index (χ0v) is 15.4. The van der Waals surface area contributed by atoms with Crippen LogP contribution < -0.4 is 10.6 Å². The van der Waals surface area contributed by atoms with Gasteiger partial charge in [0.2, 0.25) is 0 Å². The van der Waals surface area contributed by atoms with Crippen LogP contribution in [0, 0.1) is 26.7 Å². The molecule has 1 aromatic carbocycles. The van der Waals surface area contributed by atoms with Crippen LogP contribution in [0.15, 0.2) is 12.1 Å². The van der Waals surface area contributed by atoms with Crippen molar-refractivity contribution in [3.05, 3.63) is 34.4 Å². The fourth-order valence-corrected chi connectivity index (χ4v) is 3.46. The summed E-state index contributed by atoms with van der Waals surface area (Å²) in [7, 11) is 1.73. The molecule has 1 aromatic rings. The number of amides is 2. The minimum absolute atomic E-state index is 0.0790. The molecule has 1 atom stereocenters. The smallest absolute Gasteiger partial charge is 0.315 e. The Hall–Kier alpha value is -1.59. The lowest BCUT2D eigenvalue weighted by Gasteiger charge is -2.16. The third-order valence-electron chi connectivity index (χ3n) is 4.80. The number of carbonyl (C=O) groups excluding carboxylic acids is 1. The molecule has 2 amide bonds. The second-order valence-corrected chi connectivity index (χ2v) is 6.89. The lowest BCUT2D eigenvalue weighted by Crippen LogP contribution is -2.38. The van der Waals surface area contributed by atoms with Gasteiger partial charge in [-0.2, -0.15) is 0 Å². The highest BCUT2D eigenvalue weighted by Crippen LogP contribution is 2.16. The van der Waals surface area contributed by atoms with Crippen LogP contribution in [0.5, 0.6) is 0 Å². The van der Waals surface area contributed by atoms with Crippen LogP contribution in [0.1, 0.15) is 28.7 Å². The van der Waals surface area contributed by atoms with Gasteiger partial charge in [0.25, 0.3) is 0 Å². The van der Waals surface area contributed by atoms with E-state index in [9.17, 15) is 4.79 Å². The van der Waals surface area contributed by atoms with Gasteiger partial charge in [-0.05, 0) is 56.3 Å². The number of nitrogens with one attached hydrogen (secondary N) is 2. The maximum absolute atomic E-state index is 12.1. The molecule has 1 saturated heterocycles. The van der Waals surface area contributed by atoms with E-state index in [0.717, 1.165) is 39.2 Å². The molecule has 2 rings (SSSR count). The Labute approximate surface area is 145 Å². The number of hydrogen-bond donors (Lipinski definition) is 2. The Kier molecular flexibility index (Phi) is 7.06. The molecular formula is C19H31N3O2. The maximum Gasteiger partial charge on any atom is 0.315 e. The molecule has 134 valence electrons. The molecule has 0 aliphatic carbocycles. The Balaban J connectivity index is 1.71. The third-order valence-corrected chi connectivity index (χ3v) is 4.80. The summed E-state index contributed by atoms with van der Waals surface area (Å²) in [6.07, 6.45) is 1.14. The van der Waals surface area contributed by atoms with Gasteiger partial charge >= 0.3 is 6.03 Å². The highest BCUT2D eigenvalue weighted by molar-refractivity contribution is 5.73. The second kappa shape index (κ2) is 9.04. The monoisotopic (exact) mass is 333 g/mol. The SMILES string of the molecule is COCCN1CCC(CNC(=O)NCc2c(C)cc(C)cc2C)C1. The highest BCUT2D eigenvalue weighted by Gasteiger charge is 2.22. The van der Waals surface area contributed by atoms with Crippen molar-refractivity contribution >= 4 is 6.03 Å². The number of ether oxygens (including phenoxy) is 1. The molecule has 0 spiro atoms. The summed E-state index contributed by atoms with van der Waals surface area (Å²) in [6.45, 7) is 11.5. The number of aryl methyl sites for hydroxylation is 3. The molecule has 1 unspecified atom stereocenters. The molecule has 1 aliphatic heterocycles. The number of carbonyl (C=O) groups is 1. The summed E-state index contributed by atoms with van der Waals surface area (Å²) in [5, 5.41) is 6.00. The van der Waals surface area contributed by atoms with Crippen LogP contribution in [-0.2, 0) is 11.3 Å². The van der Waals surface area contributed by atoms with E-state index in [1.807, 2.05) is 0 Å². The predicted molar refractivity (Wildman–Crippen MR) is 97.3 cm³/mol. The van der Waals surface area contributed by atoms with Crippen LogP contribution >= 0.6 is 0 Å². The van der Waals surface area contributed by atoms with Crippen molar-refractivity contribution in [1.82, 2.24) is 15.5 Å². The number of likely N-dealkylation sites (tertiary alicyclic amines) is 1. The normalized spacial score (nSPS) is 17.9. The van der Waals surface area contributed by atoms with Crippen LogP contribution in [0.25, 0.3) is 0 Å². The van der Waals surface area contributed by atoms with Gasteiger partial charge in [-0.25, -0.2) is 4.79 Å². The number of urea groups is 1. The summed E-state index contributed by atoms with van der Waals surface area (Å²) in [5.74, 6) is 0.537. The molecule has 1 heterocycles. The van der Waals surface area contributed by atoms with E-state index in [1.165, 1.54) is 22.3 Å². The quantitative estimate of drug-likeness (QED) is 0.805. The first-order valence-corrected chi connectivity index (χ1v) is 8.79. The van der Waals surface area contributed by atoms with Gasteiger partial charge in [0.15, 0.2) is 0 Å². The molecule has 0 saturated carbocycles. The van der Waals surface area contributed by atoms with E-state index in [0.29, 0.717) is 12.5 Å². The van der Waals surface area contributed by atoms with Crippen molar-refractivity contribution in [2.75, 3.05) is 39.9 Å². The summed E-state index contributed by atoms with van der Waals surface area (Å²) < 4.78 is 5.12. The van der Waals surface area contributed by atoms with E-state index < -0.39 is 0 Å². The van der Waals surface area contributed by atoms with E-state index >= 15 is 0 Å². The van der Waals surface area contributed by atoms with Gasteiger partial charge in [0, 0.05) is 33.3 Å². The Morgan fingerprint density at radius 2 is 1.96 bits per heavy atom. The van der Waals surface area contributed by atoms with Crippen molar-refractivity contribution < 1.29 is 9.53 Å². The van der Waals surface area contributed by atoms with E-state index in [4.69, 9.17) is 4.74 Å². The molecule has 0 aromatic heterocycles. The molecule has 24 heavy (non-hydrogen) atoms. The van der Waals surface area contributed by atoms with Crippen molar-refractivity contribution in [2.45, 2.75) is 33.7 Å². The predicted octanol–water partition coefficient (Wildman–Crippen LogP) is 2.38. The van der Waals surface area contributed by atoms with Crippen LogP contribution in [-0.4, -0.2) is 50.8 Å². The zero-order chi connectivity index (χ0) is 17.5. The zero-order valence-electron chi connectivity index (χ0n) is 15.4. The number of nitrogens with zero attached hydrogens (tertiary/aromatic N) is 1. The highest BCUT2D eigenvalue weighted by atomic mass is 16.5. The Bertz CT molecular complexity index is 537. The van der Waals surface area contributed by atoms with Gasteiger partial charge in [-0.3, -0.25) is 0 Å². The number of methoxy groups -OCH3 is 1. The molecule has 1 aliphatic rings. The molecule has 0 radical (unpaired) electrons. The Morgan fingerprint density at radius 3 is 2.62 bits per heavy atom. The lowest BCUT2D eigenvalue weighted by atomic mass is 10.00. The minimum Gasteiger partial charge on any atom is -0.383 e. The van der Waals surface area contributed by atoms with Gasteiger partial charge in [-0.1, -0.05) is 17.7 Å². The summed E-state index contributed by atoms with van der Waals surface area (Å²) >= 11 is 0. The average molecular weight is 333 g/mol. The first-order chi connectivity index (χ1) is 11.5. The van der Waals surface area contributed by atoms with Gasteiger partial charge in [-0.15, -0.1) is 0 Å². The van der Waals surface area contributed by atoms with Gasteiger partial charge < -0.3 is 20.3 Å². The standard InChI is InChI=1S/C19H31N3O2/c1-14-9-15(2)18(16(3)10-14)12-21-19(23)20-11-17-5-6-22(13-17)7-8-24-4/h9-10,17H,5-8,11-13H2,1-4H3,(H2,20,21,23). The van der Waals surface area contributed by atoms with Gasteiger partial charge in [0.05, 0.1) is 6.61 Å². The molecule has 5 heteroatoms. The second-order valence-electron chi connectivity index (χ2n) is 6.89. The third kappa shape index (κ3) is 5.49. The fourth-order valence-electron chi connectivity index (χ4n) is 3.46. The van der Waals surface area contributed by atoms with E-state index in [1.54, 1.807) is 7.11 Å². The molecule has 0 bridgehead atoms. The first-order valence-electron chi connectivity index (χ1n) is 8.79. The lowest BCUT2D eigenvalue weighted by molar-refractivity contribution is 0.159. The fraction of sp³-hybridized carbons (Fsp3) is 0.632. The maximum atomic E-state index is 12.1. The number of rotatable bonds is 7. The summed E-state index contributed by atoms with van der Waals surface area (Å²) in [5.41, 5.74) is 4.94. The average Bonchev–Trinajstić information content (AvgIpc) is 2.97. The van der Waals surface area contributed by atoms with Crippen molar-refractivity contribution in [1.29, 1.82) is 0 Å². The van der Waals surface area contributed by atoms with Gasteiger partial charge in [0.1, 0.15) is 0 Å².